The van der Waals surface area contributed by atoms with Gasteiger partial charge in [-0.25, -0.2) is 4.39 Å². The first-order chi connectivity index (χ1) is 12.4. The summed E-state index contributed by atoms with van der Waals surface area (Å²) in [6, 6.07) is 12.2. The van der Waals surface area contributed by atoms with E-state index in [9.17, 15) is 14.0 Å². The Morgan fingerprint density at radius 1 is 1.08 bits per heavy atom. The van der Waals surface area contributed by atoms with Crippen molar-refractivity contribution in [1.82, 2.24) is 5.32 Å². The molecular weight excluding hydrogens is 335 g/mol. The summed E-state index contributed by atoms with van der Waals surface area (Å²) in [4.78, 5) is 24.9. The first-order valence-electron chi connectivity index (χ1n) is 8.53. The fourth-order valence-corrected chi connectivity index (χ4v) is 2.34. The molecule has 5 nitrogen and oxygen atoms in total. The molecule has 0 heterocycles. The number of benzene rings is 2. The molecule has 138 valence electrons. The molecule has 0 radical (unpaired) electrons. The third-order valence-electron chi connectivity index (χ3n) is 3.60. The van der Waals surface area contributed by atoms with Crippen molar-refractivity contribution < 1.29 is 18.7 Å². The van der Waals surface area contributed by atoms with Gasteiger partial charge in [-0.3, -0.25) is 9.59 Å². The second-order valence-corrected chi connectivity index (χ2v) is 6.13. The van der Waals surface area contributed by atoms with Crippen LogP contribution in [0.3, 0.4) is 0 Å². The predicted octanol–water partition coefficient (Wildman–Crippen LogP) is 3.76. The molecule has 0 saturated heterocycles. The van der Waals surface area contributed by atoms with Crippen LogP contribution in [0.25, 0.3) is 0 Å². The monoisotopic (exact) mass is 358 g/mol. The van der Waals surface area contributed by atoms with Crippen LogP contribution in [-0.4, -0.2) is 24.0 Å². The molecule has 0 aliphatic heterocycles. The van der Waals surface area contributed by atoms with Crippen molar-refractivity contribution in [1.29, 1.82) is 0 Å². The van der Waals surface area contributed by atoms with Crippen LogP contribution in [0.4, 0.5) is 10.1 Å². The molecule has 0 spiro atoms. The van der Waals surface area contributed by atoms with E-state index in [2.05, 4.69) is 10.6 Å². The molecule has 0 fully saturated rings. The van der Waals surface area contributed by atoms with Crippen molar-refractivity contribution in [2.24, 2.45) is 0 Å². The molecule has 26 heavy (non-hydrogen) atoms. The van der Waals surface area contributed by atoms with Gasteiger partial charge in [0.2, 0.25) is 0 Å². The summed E-state index contributed by atoms with van der Waals surface area (Å²) in [5, 5.41) is 5.55. The number of anilines is 1. The van der Waals surface area contributed by atoms with Crippen molar-refractivity contribution in [3.8, 4) is 5.75 Å². The number of hydrogen-bond acceptors (Lipinski definition) is 3. The second kappa shape index (κ2) is 8.99. The standard InChI is InChI=1S/C20H23FN2O3/c1-4-18(26-15-11-9-14(21)10-12-15)20(25)23-17-8-6-5-7-16(17)19(24)22-13(2)3/h5-13,18H,4H2,1-3H3,(H,22,24)(H,23,25). The molecule has 6 heteroatoms. The van der Waals surface area contributed by atoms with Gasteiger partial charge in [-0.2, -0.15) is 0 Å². The molecule has 0 aromatic heterocycles. The quantitative estimate of drug-likeness (QED) is 0.792. The van der Waals surface area contributed by atoms with Crippen LogP contribution in [0, 0.1) is 5.82 Å². The van der Waals surface area contributed by atoms with Gasteiger partial charge >= 0.3 is 0 Å². The highest BCUT2D eigenvalue weighted by molar-refractivity contribution is 6.04. The molecule has 0 aliphatic rings. The predicted molar refractivity (Wildman–Crippen MR) is 98.8 cm³/mol. The van der Waals surface area contributed by atoms with Crippen molar-refractivity contribution in [2.45, 2.75) is 39.3 Å². The van der Waals surface area contributed by atoms with Gasteiger partial charge in [0.1, 0.15) is 11.6 Å². The number of hydrogen-bond donors (Lipinski definition) is 2. The highest BCUT2D eigenvalue weighted by atomic mass is 19.1. The lowest BCUT2D eigenvalue weighted by atomic mass is 10.1. The maximum atomic E-state index is 13.0. The minimum Gasteiger partial charge on any atom is -0.481 e. The van der Waals surface area contributed by atoms with E-state index >= 15 is 0 Å². The van der Waals surface area contributed by atoms with Crippen molar-refractivity contribution >= 4 is 17.5 Å². The molecule has 2 amide bonds. The van der Waals surface area contributed by atoms with Gasteiger partial charge in [-0.15, -0.1) is 0 Å². The van der Waals surface area contributed by atoms with Gasteiger partial charge in [0.05, 0.1) is 11.3 Å². The van der Waals surface area contributed by atoms with Crippen LogP contribution < -0.4 is 15.4 Å². The Balaban J connectivity index is 2.12. The van der Waals surface area contributed by atoms with Crippen LogP contribution in [0.2, 0.25) is 0 Å². The molecule has 2 aromatic rings. The zero-order valence-electron chi connectivity index (χ0n) is 15.1. The lowest BCUT2D eigenvalue weighted by Gasteiger charge is -2.19. The van der Waals surface area contributed by atoms with E-state index in [-0.39, 0.29) is 23.7 Å². The van der Waals surface area contributed by atoms with Gasteiger partial charge in [0.15, 0.2) is 6.10 Å². The lowest BCUT2D eigenvalue weighted by molar-refractivity contribution is -0.122. The zero-order valence-corrected chi connectivity index (χ0v) is 15.1. The highest BCUT2D eigenvalue weighted by Crippen LogP contribution is 2.18. The normalized spacial score (nSPS) is 11.7. The van der Waals surface area contributed by atoms with E-state index in [0.29, 0.717) is 23.4 Å². The molecule has 2 aromatic carbocycles. The van der Waals surface area contributed by atoms with Crippen LogP contribution >= 0.6 is 0 Å². The van der Waals surface area contributed by atoms with Gasteiger partial charge in [-0.1, -0.05) is 19.1 Å². The van der Waals surface area contributed by atoms with Crippen LogP contribution in [0.1, 0.15) is 37.6 Å². The Bertz CT molecular complexity index is 760. The average Bonchev–Trinajstić information content (AvgIpc) is 2.61. The Labute approximate surface area is 152 Å². The summed E-state index contributed by atoms with van der Waals surface area (Å²) in [7, 11) is 0. The van der Waals surface area contributed by atoms with E-state index in [1.807, 2.05) is 20.8 Å². The van der Waals surface area contributed by atoms with Crippen LogP contribution in [-0.2, 0) is 4.79 Å². The minimum atomic E-state index is -0.762. The third kappa shape index (κ3) is 5.31. The Morgan fingerprint density at radius 2 is 1.73 bits per heavy atom. The SMILES string of the molecule is CCC(Oc1ccc(F)cc1)C(=O)Nc1ccccc1C(=O)NC(C)C. The molecule has 1 unspecified atom stereocenters. The highest BCUT2D eigenvalue weighted by Gasteiger charge is 2.21. The van der Waals surface area contributed by atoms with Gasteiger partial charge in [0, 0.05) is 6.04 Å². The Kier molecular flexibility index (Phi) is 6.72. The average molecular weight is 358 g/mol. The van der Waals surface area contributed by atoms with E-state index in [1.165, 1.54) is 24.3 Å². The lowest BCUT2D eigenvalue weighted by Crippen LogP contribution is -2.34. The van der Waals surface area contributed by atoms with Crippen LogP contribution in [0.15, 0.2) is 48.5 Å². The van der Waals surface area contributed by atoms with E-state index in [1.54, 1.807) is 24.3 Å². The zero-order chi connectivity index (χ0) is 19.1. The molecule has 0 bridgehead atoms. The summed E-state index contributed by atoms with van der Waals surface area (Å²) in [5.41, 5.74) is 0.794. The third-order valence-corrected chi connectivity index (χ3v) is 3.60. The van der Waals surface area contributed by atoms with Crippen molar-refractivity contribution in [3.63, 3.8) is 0 Å². The number of halogens is 1. The van der Waals surface area contributed by atoms with E-state index < -0.39 is 6.10 Å². The molecular formula is C20H23FN2O3. The Morgan fingerprint density at radius 3 is 2.35 bits per heavy atom. The number of nitrogens with one attached hydrogen (secondary N) is 2. The smallest absolute Gasteiger partial charge is 0.265 e. The first kappa shape index (κ1) is 19.4. The maximum Gasteiger partial charge on any atom is 0.265 e. The molecule has 0 saturated carbocycles. The number of carbonyl (C=O) groups excluding carboxylic acids is 2. The number of rotatable bonds is 7. The summed E-state index contributed by atoms with van der Waals surface area (Å²) in [6.07, 6.45) is -0.342. The summed E-state index contributed by atoms with van der Waals surface area (Å²) in [5.74, 6) is -0.607. The van der Waals surface area contributed by atoms with Gasteiger partial charge in [0.25, 0.3) is 11.8 Å². The Hall–Kier alpha value is -2.89. The fourth-order valence-electron chi connectivity index (χ4n) is 2.34. The second-order valence-electron chi connectivity index (χ2n) is 6.13. The van der Waals surface area contributed by atoms with Crippen molar-refractivity contribution in [2.75, 3.05) is 5.32 Å². The van der Waals surface area contributed by atoms with Gasteiger partial charge < -0.3 is 15.4 Å². The molecule has 0 aliphatic carbocycles. The fraction of sp³-hybridized carbons (Fsp3) is 0.300. The molecule has 2 rings (SSSR count). The summed E-state index contributed by atoms with van der Waals surface area (Å²) >= 11 is 0. The number of amides is 2. The molecule has 2 N–H and O–H groups in total. The maximum absolute atomic E-state index is 13.0. The largest absolute Gasteiger partial charge is 0.481 e. The number of para-hydroxylation sites is 1. The topological polar surface area (TPSA) is 67.4 Å². The van der Waals surface area contributed by atoms with E-state index in [0.717, 1.165) is 0 Å². The van der Waals surface area contributed by atoms with E-state index in [4.69, 9.17) is 4.74 Å². The molecule has 1 atom stereocenters. The summed E-state index contributed by atoms with van der Waals surface area (Å²) in [6.45, 7) is 5.54. The summed E-state index contributed by atoms with van der Waals surface area (Å²) < 4.78 is 18.6. The van der Waals surface area contributed by atoms with Crippen LogP contribution in [0.5, 0.6) is 5.75 Å². The first-order valence-corrected chi connectivity index (χ1v) is 8.53. The number of ether oxygens (including phenoxy) is 1. The number of carbonyl (C=O) groups is 2. The van der Waals surface area contributed by atoms with Gasteiger partial charge in [-0.05, 0) is 56.7 Å². The minimum absolute atomic E-state index is 0.0172. The van der Waals surface area contributed by atoms with Crippen molar-refractivity contribution in [3.05, 3.63) is 59.9 Å².